The van der Waals surface area contributed by atoms with Gasteiger partial charge in [-0.2, -0.15) is 0 Å². The molecule has 2 aliphatic rings. The Balaban J connectivity index is 1.73. The highest BCUT2D eigenvalue weighted by Crippen LogP contribution is 2.40. The standard InChI is InChI=1S/C20H23F3N4O5/c1-20(2)30-9-14-19(32-20)17(18(29-3)13(31-14)6-7-24-28)27-8-12(25-26-27)10-4-5-11(21)16(23)15(10)22/h4-5,7-8,13-14,17-19,28H,6,9H2,1-3H3/t13-,14-,17-,18+,19+/m1/s1. The van der Waals surface area contributed by atoms with E-state index in [1.807, 2.05) is 0 Å². The van der Waals surface area contributed by atoms with Crippen LogP contribution in [0.1, 0.15) is 26.3 Å². The van der Waals surface area contributed by atoms with Crippen molar-refractivity contribution in [2.45, 2.75) is 56.5 Å². The molecule has 1 aromatic heterocycles. The average molecular weight is 456 g/mol. The number of rotatable bonds is 5. The summed E-state index contributed by atoms with van der Waals surface area (Å²) in [6.45, 7) is 3.75. The number of hydrogen-bond donors (Lipinski definition) is 1. The summed E-state index contributed by atoms with van der Waals surface area (Å²) >= 11 is 0. The summed E-state index contributed by atoms with van der Waals surface area (Å²) in [5.41, 5.74) is -0.219. The first-order valence-corrected chi connectivity index (χ1v) is 9.97. The van der Waals surface area contributed by atoms with E-state index in [-0.39, 0.29) is 24.3 Å². The lowest BCUT2D eigenvalue weighted by Gasteiger charge is -2.50. The smallest absolute Gasteiger partial charge is 0.195 e. The quantitative estimate of drug-likeness (QED) is 0.320. The predicted octanol–water partition coefficient (Wildman–Crippen LogP) is 2.69. The monoisotopic (exact) mass is 456 g/mol. The van der Waals surface area contributed by atoms with Crippen LogP contribution in [0.4, 0.5) is 13.2 Å². The normalized spacial score (nSPS) is 29.9. The maximum absolute atomic E-state index is 14.3. The third-order valence-corrected chi connectivity index (χ3v) is 5.59. The predicted molar refractivity (Wildman–Crippen MR) is 104 cm³/mol. The molecule has 0 saturated carbocycles. The van der Waals surface area contributed by atoms with E-state index in [4.69, 9.17) is 24.2 Å². The Labute approximate surface area is 181 Å². The molecule has 174 valence electrons. The van der Waals surface area contributed by atoms with Gasteiger partial charge in [0.25, 0.3) is 0 Å². The van der Waals surface area contributed by atoms with Crippen molar-refractivity contribution >= 4 is 6.21 Å². The van der Waals surface area contributed by atoms with Gasteiger partial charge in [-0.05, 0) is 26.0 Å². The van der Waals surface area contributed by atoms with Crippen molar-refractivity contribution in [1.82, 2.24) is 15.0 Å². The summed E-state index contributed by atoms with van der Waals surface area (Å²) < 4.78 is 66.4. The molecule has 2 saturated heterocycles. The van der Waals surface area contributed by atoms with Crippen molar-refractivity contribution in [2.75, 3.05) is 13.7 Å². The minimum atomic E-state index is -1.59. The van der Waals surface area contributed by atoms with E-state index in [0.717, 1.165) is 12.1 Å². The lowest BCUT2D eigenvalue weighted by Crippen LogP contribution is -2.62. The lowest BCUT2D eigenvalue weighted by atomic mass is 9.90. The summed E-state index contributed by atoms with van der Waals surface area (Å²) in [5, 5.41) is 19.9. The van der Waals surface area contributed by atoms with Gasteiger partial charge in [0.05, 0.1) is 18.9 Å². The molecular weight excluding hydrogens is 433 g/mol. The van der Waals surface area contributed by atoms with Gasteiger partial charge in [0.15, 0.2) is 23.2 Å². The molecule has 0 spiro atoms. The zero-order valence-corrected chi connectivity index (χ0v) is 17.6. The highest BCUT2D eigenvalue weighted by Gasteiger charge is 2.52. The third kappa shape index (κ3) is 4.10. The van der Waals surface area contributed by atoms with Gasteiger partial charge >= 0.3 is 0 Å². The van der Waals surface area contributed by atoms with Crippen LogP contribution >= 0.6 is 0 Å². The molecule has 2 fully saturated rings. The maximum Gasteiger partial charge on any atom is 0.195 e. The van der Waals surface area contributed by atoms with Crippen LogP contribution in [0, 0.1) is 17.5 Å². The van der Waals surface area contributed by atoms with Gasteiger partial charge in [-0.3, -0.25) is 0 Å². The second kappa shape index (κ2) is 8.77. The second-order valence-electron chi connectivity index (χ2n) is 8.04. The van der Waals surface area contributed by atoms with Crippen molar-refractivity contribution in [2.24, 2.45) is 5.16 Å². The molecule has 2 aromatic rings. The summed E-state index contributed by atoms with van der Waals surface area (Å²) in [6, 6.07) is 1.33. The number of halogens is 3. The largest absolute Gasteiger partial charge is 0.411 e. The fourth-order valence-electron chi connectivity index (χ4n) is 4.13. The number of methoxy groups -OCH3 is 1. The van der Waals surface area contributed by atoms with Crippen molar-refractivity contribution in [3.63, 3.8) is 0 Å². The van der Waals surface area contributed by atoms with Crippen molar-refractivity contribution < 1.29 is 37.3 Å². The first-order valence-electron chi connectivity index (χ1n) is 9.97. The van der Waals surface area contributed by atoms with E-state index < -0.39 is 53.7 Å². The second-order valence-corrected chi connectivity index (χ2v) is 8.04. The Hall–Kier alpha value is -2.54. The van der Waals surface area contributed by atoms with Crippen LogP contribution in [-0.2, 0) is 18.9 Å². The fraction of sp³-hybridized carbons (Fsp3) is 0.550. The molecule has 0 bridgehead atoms. The zero-order chi connectivity index (χ0) is 23.0. The molecule has 9 nitrogen and oxygen atoms in total. The molecule has 1 N–H and O–H groups in total. The van der Waals surface area contributed by atoms with Gasteiger partial charge in [0, 0.05) is 25.3 Å². The number of aromatic nitrogens is 3. The van der Waals surface area contributed by atoms with E-state index in [0.29, 0.717) is 0 Å². The Bertz CT molecular complexity index is 1000. The molecular formula is C20H23F3N4O5. The molecule has 4 rings (SSSR count). The molecule has 12 heteroatoms. The Morgan fingerprint density at radius 1 is 1.31 bits per heavy atom. The molecule has 0 radical (unpaired) electrons. The number of oxime groups is 1. The van der Waals surface area contributed by atoms with Gasteiger partial charge < -0.3 is 24.2 Å². The minimum absolute atomic E-state index is 0.0130. The van der Waals surface area contributed by atoms with Gasteiger partial charge in [-0.25, -0.2) is 17.9 Å². The Morgan fingerprint density at radius 2 is 2.09 bits per heavy atom. The molecule has 2 aliphatic heterocycles. The first-order chi connectivity index (χ1) is 15.3. The number of fused-ring (bicyclic) bond motifs is 1. The summed E-state index contributed by atoms with van der Waals surface area (Å²) in [5.74, 6) is -5.14. The van der Waals surface area contributed by atoms with Crippen LogP contribution in [0.3, 0.4) is 0 Å². The van der Waals surface area contributed by atoms with E-state index >= 15 is 0 Å². The Morgan fingerprint density at radius 3 is 2.81 bits per heavy atom. The molecule has 3 heterocycles. The van der Waals surface area contributed by atoms with E-state index in [2.05, 4.69) is 15.5 Å². The molecule has 1 aromatic carbocycles. The van der Waals surface area contributed by atoms with Crippen molar-refractivity contribution in [3.8, 4) is 11.3 Å². The van der Waals surface area contributed by atoms with Gasteiger partial charge in [-0.1, -0.05) is 5.21 Å². The van der Waals surface area contributed by atoms with Crippen molar-refractivity contribution in [3.05, 3.63) is 35.8 Å². The molecule has 0 unspecified atom stereocenters. The molecule has 5 atom stereocenters. The number of ether oxygens (including phenoxy) is 4. The number of nitrogens with zero attached hydrogens (tertiary/aromatic N) is 4. The van der Waals surface area contributed by atoms with E-state index in [9.17, 15) is 13.2 Å². The molecule has 32 heavy (non-hydrogen) atoms. The highest BCUT2D eigenvalue weighted by molar-refractivity contribution is 5.59. The number of benzene rings is 1. The topological polar surface area (TPSA) is 100 Å². The molecule has 0 amide bonds. The van der Waals surface area contributed by atoms with Gasteiger partial charge in [0.2, 0.25) is 0 Å². The lowest BCUT2D eigenvalue weighted by molar-refractivity contribution is -0.349. The van der Waals surface area contributed by atoms with Crippen LogP contribution in [0.25, 0.3) is 11.3 Å². The van der Waals surface area contributed by atoms with Crippen LogP contribution in [0.15, 0.2) is 23.5 Å². The first kappa shape index (κ1) is 22.6. The number of hydrogen-bond acceptors (Lipinski definition) is 8. The average Bonchev–Trinajstić information content (AvgIpc) is 3.24. The maximum atomic E-state index is 14.3. The highest BCUT2D eigenvalue weighted by atomic mass is 19.2. The van der Waals surface area contributed by atoms with Gasteiger partial charge in [-0.15, -0.1) is 10.3 Å². The van der Waals surface area contributed by atoms with E-state index in [1.54, 1.807) is 13.8 Å². The van der Waals surface area contributed by atoms with Crippen LogP contribution in [-0.4, -0.2) is 70.3 Å². The van der Waals surface area contributed by atoms with Crippen LogP contribution in [0.5, 0.6) is 0 Å². The third-order valence-electron chi connectivity index (χ3n) is 5.59. The zero-order valence-electron chi connectivity index (χ0n) is 17.6. The molecule has 0 aliphatic carbocycles. The minimum Gasteiger partial charge on any atom is -0.411 e. The summed E-state index contributed by atoms with van der Waals surface area (Å²) in [7, 11) is 1.49. The SMILES string of the molecule is CO[C@@H]1[C@@H](n2cc(-c3ccc(F)c(F)c3F)nn2)[C@H]2OC(C)(C)OC[C@H]2O[C@@H]1CC=NO. The fourth-order valence-corrected chi connectivity index (χ4v) is 4.13. The summed E-state index contributed by atoms with van der Waals surface area (Å²) in [6.07, 6.45) is 0.705. The van der Waals surface area contributed by atoms with Crippen LogP contribution in [0.2, 0.25) is 0 Å². The van der Waals surface area contributed by atoms with Gasteiger partial charge in [0.1, 0.15) is 30.0 Å². The summed E-state index contributed by atoms with van der Waals surface area (Å²) in [4.78, 5) is 0. The van der Waals surface area contributed by atoms with Crippen molar-refractivity contribution in [1.29, 1.82) is 0 Å². The van der Waals surface area contributed by atoms with E-state index in [1.165, 1.54) is 24.2 Å². The Kier molecular flexibility index (Phi) is 6.21. The van der Waals surface area contributed by atoms with Crippen LogP contribution < -0.4 is 0 Å².